The van der Waals surface area contributed by atoms with Crippen LogP contribution in [0.1, 0.15) is 57.2 Å². The Morgan fingerprint density at radius 3 is 2.46 bits per heavy atom. The molecule has 0 aliphatic carbocycles. The van der Waals surface area contributed by atoms with E-state index in [1.165, 1.54) is 24.4 Å². The summed E-state index contributed by atoms with van der Waals surface area (Å²) in [4.78, 5) is 24.3. The average molecular weight is 492 g/mol. The maximum Gasteiger partial charge on any atom is 0.416 e. The van der Waals surface area contributed by atoms with Gasteiger partial charge in [0.2, 0.25) is 5.88 Å². The van der Waals surface area contributed by atoms with Crippen molar-refractivity contribution in [2.24, 2.45) is 10.9 Å². The van der Waals surface area contributed by atoms with E-state index in [0.29, 0.717) is 23.5 Å². The van der Waals surface area contributed by atoms with E-state index in [-0.39, 0.29) is 24.2 Å². The summed E-state index contributed by atoms with van der Waals surface area (Å²) in [5.74, 6) is -2.54. The molecule has 6 nitrogen and oxygen atoms in total. The Kier molecular flexibility index (Phi) is 8.53. The molecule has 1 aliphatic rings. The van der Waals surface area contributed by atoms with Gasteiger partial charge in [-0.2, -0.15) is 13.2 Å². The van der Waals surface area contributed by atoms with Crippen LogP contribution in [0.3, 0.4) is 0 Å². The third-order valence-electron chi connectivity index (χ3n) is 6.07. The van der Waals surface area contributed by atoms with Crippen LogP contribution in [0.15, 0.2) is 41.5 Å². The van der Waals surface area contributed by atoms with E-state index in [1.807, 2.05) is 13.8 Å². The van der Waals surface area contributed by atoms with Gasteiger partial charge in [-0.3, -0.25) is 9.79 Å². The molecule has 1 aromatic carbocycles. The fourth-order valence-corrected chi connectivity index (χ4v) is 4.39. The highest BCUT2D eigenvalue weighted by Gasteiger charge is 2.45. The normalized spacial score (nSPS) is 17.8. The van der Waals surface area contributed by atoms with Gasteiger partial charge in [-0.15, -0.1) is 0 Å². The molecule has 190 valence electrons. The molecule has 0 spiro atoms. The van der Waals surface area contributed by atoms with Gasteiger partial charge in [-0.05, 0) is 51.6 Å². The topological polar surface area (TPSA) is 64.0 Å². The first-order valence-electron chi connectivity index (χ1n) is 11.8. The summed E-state index contributed by atoms with van der Waals surface area (Å²) in [5, 5.41) is 0. The minimum absolute atomic E-state index is 0.0391. The number of halogens is 3. The number of hydrogen-bond acceptors (Lipinski definition) is 6. The molecule has 0 bridgehead atoms. The fourth-order valence-electron chi connectivity index (χ4n) is 4.39. The molecule has 2 unspecified atom stereocenters. The lowest BCUT2D eigenvalue weighted by Gasteiger charge is -2.33. The number of pyridine rings is 1. The van der Waals surface area contributed by atoms with Gasteiger partial charge in [-0.1, -0.05) is 32.0 Å². The van der Waals surface area contributed by atoms with E-state index in [9.17, 15) is 18.0 Å². The lowest BCUT2D eigenvalue weighted by molar-refractivity contribution is -0.147. The highest BCUT2D eigenvalue weighted by molar-refractivity contribution is 6.05. The van der Waals surface area contributed by atoms with E-state index < -0.39 is 29.5 Å². The predicted octanol–water partition coefficient (Wildman–Crippen LogP) is 5.63. The van der Waals surface area contributed by atoms with Gasteiger partial charge in [-0.25, -0.2) is 4.98 Å². The van der Waals surface area contributed by atoms with Crippen molar-refractivity contribution in [1.29, 1.82) is 0 Å². The number of benzene rings is 1. The predicted molar refractivity (Wildman–Crippen MR) is 128 cm³/mol. The van der Waals surface area contributed by atoms with E-state index in [4.69, 9.17) is 9.47 Å². The minimum atomic E-state index is -4.61. The van der Waals surface area contributed by atoms with E-state index >= 15 is 0 Å². The van der Waals surface area contributed by atoms with E-state index in [2.05, 4.69) is 14.9 Å². The van der Waals surface area contributed by atoms with Gasteiger partial charge in [0.25, 0.3) is 0 Å². The molecule has 1 aliphatic heterocycles. The molecule has 2 atom stereocenters. The Balaban J connectivity index is 2.13. The molecule has 1 aromatic heterocycles. The monoisotopic (exact) mass is 491 g/mol. The van der Waals surface area contributed by atoms with Gasteiger partial charge in [0.15, 0.2) is 0 Å². The quantitative estimate of drug-likeness (QED) is 0.426. The summed E-state index contributed by atoms with van der Waals surface area (Å²) in [5.41, 5.74) is 0.319. The second kappa shape index (κ2) is 11.2. The van der Waals surface area contributed by atoms with Crippen molar-refractivity contribution >= 4 is 17.4 Å². The van der Waals surface area contributed by atoms with Crippen LogP contribution in [0, 0.1) is 5.92 Å². The Labute approximate surface area is 204 Å². The van der Waals surface area contributed by atoms with Crippen LogP contribution >= 0.6 is 0 Å². The third-order valence-corrected chi connectivity index (χ3v) is 6.07. The van der Waals surface area contributed by atoms with Crippen LogP contribution in [-0.2, 0) is 15.7 Å². The molecule has 2 aromatic rings. The number of rotatable bonds is 9. The Morgan fingerprint density at radius 1 is 1.14 bits per heavy atom. The molecule has 0 amide bonds. The molecule has 0 fully saturated rings. The first kappa shape index (κ1) is 26.7. The number of nitrogens with zero attached hydrogens (tertiary/aromatic N) is 3. The van der Waals surface area contributed by atoms with E-state index in [1.54, 1.807) is 26.8 Å². The fraction of sp³-hybridized carbons (Fsp3) is 0.500. The van der Waals surface area contributed by atoms with E-state index in [0.717, 1.165) is 19.2 Å². The number of esters is 1. The number of alkyl halides is 3. The standard InChI is InChI=1S/C26H32F3N3O3/c1-6-32(7-2)14-15-34-25(33)21-17(5)31-20-12-13-30-24(35-16(3)4)23(20)22(21)18-10-8-9-11-19(18)26(27,28)29/h8-13,16,21-22H,6-7,14-15H2,1-5H3. The maximum atomic E-state index is 14.1. The van der Waals surface area contributed by atoms with Crippen LogP contribution in [0.25, 0.3) is 0 Å². The SMILES string of the molecule is CCN(CC)CCOC(=O)C1C(C)=Nc2ccnc(OC(C)C)c2C1c1ccccc1C(F)(F)F. The van der Waals surface area contributed by atoms with Gasteiger partial charge in [0.1, 0.15) is 12.5 Å². The Bertz CT molecular complexity index is 1070. The summed E-state index contributed by atoms with van der Waals surface area (Å²) >= 11 is 0. The minimum Gasteiger partial charge on any atom is -0.475 e. The Hall–Kier alpha value is -2.94. The average Bonchev–Trinajstić information content (AvgIpc) is 2.80. The van der Waals surface area contributed by atoms with Crippen molar-refractivity contribution in [2.45, 2.75) is 52.8 Å². The van der Waals surface area contributed by atoms with Gasteiger partial charge in [0, 0.05) is 29.9 Å². The third kappa shape index (κ3) is 6.01. The summed E-state index contributed by atoms with van der Waals surface area (Å²) in [6, 6.07) is 6.92. The van der Waals surface area contributed by atoms with Crippen LogP contribution in [-0.4, -0.2) is 53.9 Å². The number of hydrogen-bond donors (Lipinski definition) is 0. The van der Waals surface area contributed by atoms with Crippen molar-refractivity contribution in [1.82, 2.24) is 9.88 Å². The van der Waals surface area contributed by atoms with Crippen molar-refractivity contribution in [3.63, 3.8) is 0 Å². The zero-order chi connectivity index (χ0) is 25.8. The van der Waals surface area contributed by atoms with Gasteiger partial charge < -0.3 is 14.4 Å². The molecule has 9 heteroatoms. The van der Waals surface area contributed by atoms with Crippen molar-refractivity contribution < 1.29 is 27.4 Å². The highest BCUT2D eigenvalue weighted by Crippen LogP contribution is 2.49. The molecule has 2 heterocycles. The van der Waals surface area contributed by atoms with Crippen LogP contribution < -0.4 is 4.74 Å². The second-order valence-electron chi connectivity index (χ2n) is 8.70. The molecule has 0 saturated carbocycles. The first-order valence-corrected chi connectivity index (χ1v) is 11.8. The number of aliphatic imine (C=N–C) groups is 1. The van der Waals surface area contributed by atoms with Gasteiger partial charge in [0.05, 0.1) is 17.4 Å². The van der Waals surface area contributed by atoms with Gasteiger partial charge >= 0.3 is 12.1 Å². The van der Waals surface area contributed by atoms with Crippen molar-refractivity contribution in [3.05, 3.63) is 53.2 Å². The number of carbonyl (C=O) groups excluding carboxylic acids is 1. The molecule has 0 N–H and O–H groups in total. The summed E-state index contributed by atoms with van der Waals surface area (Å²) in [7, 11) is 0. The first-order chi connectivity index (χ1) is 16.6. The lowest BCUT2D eigenvalue weighted by Crippen LogP contribution is -2.36. The summed E-state index contributed by atoms with van der Waals surface area (Å²) < 4.78 is 53.7. The second-order valence-corrected chi connectivity index (χ2v) is 8.70. The van der Waals surface area contributed by atoms with Crippen LogP contribution in [0.5, 0.6) is 5.88 Å². The smallest absolute Gasteiger partial charge is 0.416 e. The molecular weight excluding hydrogens is 459 g/mol. The number of fused-ring (bicyclic) bond motifs is 1. The highest BCUT2D eigenvalue weighted by atomic mass is 19.4. The number of likely N-dealkylation sites (N-methyl/N-ethyl adjacent to an activating group) is 1. The Morgan fingerprint density at radius 2 is 1.83 bits per heavy atom. The van der Waals surface area contributed by atoms with Crippen molar-refractivity contribution in [2.75, 3.05) is 26.2 Å². The van der Waals surface area contributed by atoms with Crippen molar-refractivity contribution in [3.8, 4) is 5.88 Å². The summed E-state index contributed by atoms with van der Waals surface area (Å²) in [6.07, 6.45) is -3.39. The largest absolute Gasteiger partial charge is 0.475 e. The molecular formula is C26H32F3N3O3. The molecule has 0 saturated heterocycles. The lowest BCUT2D eigenvalue weighted by atomic mass is 9.74. The molecule has 0 radical (unpaired) electrons. The number of carbonyl (C=O) groups is 1. The summed E-state index contributed by atoms with van der Waals surface area (Å²) in [6.45, 7) is 11.5. The molecule has 35 heavy (non-hydrogen) atoms. The van der Waals surface area contributed by atoms with Crippen LogP contribution in [0.4, 0.5) is 18.9 Å². The number of ether oxygens (including phenoxy) is 2. The zero-order valence-electron chi connectivity index (χ0n) is 20.7. The maximum absolute atomic E-state index is 14.1. The zero-order valence-corrected chi connectivity index (χ0v) is 20.7. The molecule has 3 rings (SSSR count). The van der Waals surface area contributed by atoms with Crippen LogP contribution in [0.2, 0.25) is 0 Å². The number of aromatic nitrogens is 1.